The average Bonchev–Trinajstić information content (AvgIpc) is 2.41. The molecule has 0 spiro atoms. The molecule has 0 fully saturated rings. The molecule has 0 bridgehead atoms. The molecule has 0 amide bonds. The lowest BCUT2D eigenvalue weighted by Gasteiger charge is -2.21. The van der Waals surface area contributed by atoms with Gasteiger partial charge >= 0.3 is 0 Å². The Morgan fingerprint density at radius 2 is 2.17 bits per heavy atom. The first-order chi connectivity index (χ1) is 8.77. The molecule has 2 heteroatoms. The third-order valence-corrected chi connectivity index (χ3v) is 3.34. The smallest absolute Gasteiger partial charge is 0.0478 e. The van der Waals surface area contributed by atoms with E-state index in [0.717, 1.165) is 19.4 Å². The summed E-state index contributed by atoms with van der Waals surface area (Å²) in [6, 6.07) is 6.21. The minimum Gasteiger partial charge on any atom is -0.309 e. The molecule has 1 aromatic rings. The normalized spacial score (nSPS) is 16.7. The largest absolute Gasteiger partial charge is 0.309 e. The van der Waals surface area contributed by atoms with Crippen LogP contribution in [0.15, 0.2) is 48.2 Å². The minimum atomic E-state index is 0.435. The van der Waals surface area contributed by atoms with Crippen molar-refractivity contribution < 1.29 is 0 Å². The van der Waals surface area contributed by atoms with Crippen molar-refractivity contribution in [2.75, 3.05) is 20.6 Å². The van der Waals surface area contributed by atoms with E-state index in [1.807, 2.05) is 12.3 Å². The molecular formula is C16H22N2. The summed E-state index contributed by atoms with van der Waals surface area (Å²) in [7, 11) is 4.25. The van der Waals surface area contributed by atoms with E-state index < -0.39 is 0 Å². The molecule has 1 heterocycles. The Morgan fingerprint density at radius 3 is 2.78 bits per heavy atom. The van der Waals surface area contributed by atoms with Crippen LogP contribution in [0.25, 0.3) is 0 Å². The maximum absolute atomic E-state index is 4.54. The lowest BCUT2D eigenvalue weighted by molar-refractivity contribution is 0.389. The SMILES string of the molecule is CN(C)CCC(C1=CCCC=C1)c1ccccn1. The van der Waals surface area contributed by atoms with Crippen LogP contribution in [0, 0.1) is 0 Å². The Bertz CT molecular complexity index is 418. The van der Waals surface area contributed by atoms with E-state index in [9.17, 15) is 0 Å². The third kappa shape index (κ3) is 3.54. The molecule has 0 saturated carbocycles. The Hall–Kier alpha value is -1.41. The molecule has 1 aromatic heterocycles. The van der Waals surface area contributed by atoms with Gasteiger partial charge in [-0.05, 0) is 57.6 Å². The van der Waals surface area contributed by atoms with E-state index in [1.54, 1.807) is 0 Å². The predicted octanol–water partition coefficient (Wildman–Crippen LogP) is 3.39. The Labute approximate surface area is 110 Å². The van der Waals surface area contributed by atoms with Crippen molar-refractivity contribution in [3.63, 3.8) is 0 Å². The van der Waals surface area contributed by atoms with Crippen molar-refractivity contribution in [3.05, 3.63) is 53.9 Å². The summed E-state index contributed by atoms with van der Waals surface area (Å²) in [4.78, 5) is 6.78. The standard InChI is InChI=1S/C16H22N2/c1-18(2)13-11-15(14-8-4-3-5-9-14)16-10-6-7-12-17-16/h4,6-10,12,15H,3,5,11,13H2,1-2H3. The first-order valence-corrected chi connectivity index (χ1v) is 6.69. The molecule has 1 unspecified atom stereocenters. The van der Waals surface area contributed by atoms with Gasteiger partial charge in [0.2, 0.25) is 0 Å². The van der Waals surface area contributed by atoms with Crippen molar-refractivity contribution in [3.8, 4) is 0 Å². The molecule has 1 atom stereocenters. The van der Waals surface area contributed by atoms with E-state index in [1.165, 1.54) is 17.7 Å². The van der Waals surface area contributed by atoms with Gasteiger partial charge < -0.3 is 4.90 Å². The van der Waals surface area contributed by atoms with Gasteiger partial charge in [-0.2, -0.15) is 0 Å². The second-order valence-corrected chi connectivity index (χ2v) is 5.08. The quantitative estimate of drug-likeness (QED) is 0.786. The molecule has 96 valence electrons. The van der Waals surface area contributed by atoms with Gasteiger partial charge in [0.25, 0.3) is 0 Å². The molecule has 2 nitrogen and oxygen atoms in total. The maximum atomic E-state index is 4.54. The highest BCUT2D eigenvalue weighted by Crippen LogP contribution is 2.29. The van der Waals surface area contributed by atoms with Crippen molar-refractivity contribution in [2.24, 2.45) is 0 Å². The zero-order valence-corrected chi connectivity index (χ0v) is 11.3. The fourth-order valence-electron chi connectivity index (χ4n) is 2.35. The van der Waals surface area contributed by atoms with Gasteiger partial charge in [0, 0.05) is 17.8 Å². The van der Waals surface area contributed by atoms with E-state index in [2.05, 4.69) is 54.3 Å². The molecule has 0 aliphatic heterocycles. The molecule has 0 radical (unpaired) electrons. The molecule has 2 rings (SSSR count). The summed E-state index contributed by atoms with van der Waals surface area (Å²) in [5.74, 6) is 0.435. The highest BCUT2D eigenvalue weighted by Gasteiger charge is 2.17. The van der Waals surface area contributed by atoms with Crippen molar-refractivity contribution >= 4 is 0 Å². The summed E-state index contributed by atoms with van der Waals surface area (Å²) >= 11 is 0. The van der Waals surface area contributed by atoms with Gasteiger partial charge in [-0.3, -0.25) is 4.98 Å². The number of pyridine rings is 1. The number of allylic oxidation sites excluding steroid dienone is 4. The highest BCUT2D eigenvalue weighted by atomic mass is 15.0. The number of hydrogen-bond donors (Lipinski definition) is 0. The van der Waals surface area contributed by atoms with Crippen LogP contribution in [-0.2, 0) is 0 Å². The topological polar surface area (TPSA) is 16.1 Å². The van der Waals surface area contributed by atoms with Crippen LogP contribution >= 0.6 is 0 Å². The lowest BCUT2D eigenvalue weighted by atomic mass is 9.88. The summed E-state index contributed by atoms with van der Waals surface area (Å²) < 4.78 is 0. The number of nitrogens with zero attached hydrogens (tertiary/aromatic N) is 2. The summed E-state index contributed by atoms with van der Waals surface area (Å²) in [6.45, 7) is 1.09. The predicted molar refractivity (Wildman–Crippen MR) is 76.6 cm³/mol. The van der Waals surface area contributed by atoms with Crippen LogP contribution in [0.2, 0.25) is 0 Å². The number of aromatic nitrogens is 1. The summed E-state index contributed by atoms with van der Waals surface area (Å²) in [6.07, 6.45) is 12.3. The molecule has 1 aliphatic rings. The van der Waals surface area contributed by atoms with E-state index >= 15 is 0 Å². The third-order valence-electron chi connectivity index (χ3n) is 3.34. The fourth-order valence-corrected chi connectivity index (χ4v) is 2.35. The van der Waals surface area contributed by atoms with Crippen molar-refractivity contribution in [1.82, 2.24) is 9.88 Å². The Balaban J connectivity index is 2.17. The van der Waals surface area contributed by atoms with Gasteiger partial charge in [0.05, 0.1) is 0 Å². The first-order valence-electron chi connectivity index (χ1n) is 6.69. The highest BCUT2D eigenvalue weighted by molar-refractivity contribution is 5.33. The zero-order valence-electron chi connectivity index (χ0n) is 11.3. The minimum absolute atomic E-state index is 0.435. The molecule has 0 aromatic carbocycles. The average molecular weight is 242 g/mol. The molecule has 18 heavy (non-hydrogen) atoms. The van der Waals surface area contributed by atoms with E-state index in [-0.39, 0.29) is 0 Å². The van der Waals surface area contributed by atoms with E-state index in [0.29, 0.717) is 5.92 Å². The van der Waals surface area contributed by atoms with Crippen LogP contribution < -0.4 is 0 Å². The molecular weight excluding hydrogens is 220 g/mol. The van der Waals surface area contributed by atoms with Crippen molar-refractivity contribution in [1.29, 1.82) is 0 Å². The Morgan fingerprint density at radius 1 is 1.28 bits per heavy atom. The second-order valence-electron chi connectivity index (χ2n) is 5.08. The monoisotopic (exact) mass is 242 g/mol. The van der Waals surface area contributed by atoms with E-state index in [4.69, 9.17) is 0 Å². The first kappa shape index (κ1) is 13.0. The van der Waals surface area contributed by atoms with Gasteiger partial charge in [-0.25, -0.2) is 0 Å². The number of rotatable bonds is 5. The maximum Gasteiger partial charge on any atom is 0.0478 e. The molecule has 0 N–H and O–H groups in total. The van der Waals surface area contributed by atoms with Crippen molar-refractivity contribution in [2.45, 2.75) is 25.2 Å². The van der Waals surface area contributed by atoms with Crippen LogP contribution in [0.4, 0.5) is 0 Å². The lowest BCUT2D eigenvalue weighted by Crippen LogP contribution is -2.17. The zero-order chi connectivity index (χ0) is 12.8. The van der Waals surface area contributed by atoms with Crippen LogP contribution in [0.1, 0.15) is 30.9 Å². The molecule has 1 aliphatic carbocycles. The summed E-state index contributed by atoms with van der Waals surface area (Å²) in [5.41, 5.74) is 2.62. The van der Waals surface area contributed by atoms with Gasteiger partial charge in [0.1, 0.15) is 0 Å². The summed E-state index contributed by atoms with van der Waals surface area (Å²) in [5, 5.41) is 0. The second kappa shape index (κ2) is 6.50. The fraction of sp³-hybridized carbons (Fsp3) is 0.438. The van der Waals surface area contributed by atoms with Gasteiger partial charge in [0.15, 0.2) is 0 Å². The Kier molecular flexibility index (Phi) is 4.71. The van der Waals surface area contributed by atoms with Gasteiger partial charge in [-0.1, -0.05) is 24.3 Å². The van der Waals surface area contributed by atoms with Crippen LogP contribution in [0.5, 0.6) is 0 Å². The molecule has 0 saturated heterocycles. The number of hydrogen-bond acceptors (Lipinski definition) is 2. The van der Waals surface area contributed by atoms with Crippen LogP contribution in [0.3, 0.4) is 0 Å². The van der Waals surface area contributed by atoms with Gasteiger partial charge in [-0.15, -0.1) is 0 Å². The van der Waals surface area contributed by atoms with Crippen LogP contribution in [-0.4, -0.2) is 30.5 Å².